The predicted octanol–water partition coefficient (Wildman–Crippen LogP) is 2.36. The van der Waals surface area contributed by atoms with Crippen molar-refractivity contribution in [3.63, 3.8) is 0 Å². The molecular formula is C10H18O. The van der Waals surface area contributed by atoms with E-state index >= 15 is 0 Å². The molecule has 0 amide bonds. The lowest BCUT2D eigenvalue weighted by molar-refractivity contribution is 0.108. The maximum absolute atomic E-state index is 9.46. The molecule has 1 aliphatic carbocycles. The van der Waals surface area contributed by atoms with Crippen molar-refractivity contribution in [2.45, 2.75) is 40.2 Å². The molecule has 0 bridgehead atoms. The van der Waals surface area contributed by atoms with Crippen LogP contribution in [0, 0.1) is 11.3 Å². The maximum atomic E-state index is 9.46. The van der Waals surface area contributed by atoms with E-state index < -0.39 is 0 Å². The van der Waals surface area contributed by atoms with Gasteiger partial charge in [-0.25, -0.2) is 0 Å². The highest BCUT2D eigenvalue weighted by molar-refractivity contribution is 5.13. The van der Waals surface area contributed by atoms with Gasteiger partial charge in [0.05, 0.1) is 6.10 Å². The third kappa shape index (κ3) is 1.64. The van der Waals surface area contributed by atoms with Crippen LogP contribution in [0.15, 0.2) is 11.6 Å². The van der Waals surface area contributed by atoms with Crippen LogP contribution >= 0.6 is 0 Å². The summed E-state index contributed by atoms with van der Waals surface area (Å²) in [4.78, 5) is 0. The molecular weight excluding hydrogens is 136 g/mol. The molecule has 0 aromatic heterocycles. The second-order valence-electron chi connectivity index (χ2n) is 4.39. The Morgan fingerprint density at radius 1 is 1.55 bits per heavy atom. The minimum atomic E-state index is -0.221. The van der Waals surface area contributed by atoms with Gasteiger partial charge in [0.2, 0.25) is 0 Å². The van der Waals surface area contributed by atoms with Gasteiger partial charge in [0.15, 0.2) is 0 Å². The minimum Gasteiger partial charge on any atom is -0.389 e. The molecule has 1 N–H and O–H groups in total. The number of aliphatic hydroxyl groups is 1. The summed E-state index contributed by atoms with van der Waals surface area (Å²) in [6, 6.07) is 0. The summed E-state index contributed by atoms with van der Waals surface area (Å²) in [6.45, 7) is 8.78. The van der Waals surface area contributed by atoms with E-state index in [1.807, 2.05) is 6.08 Å². The second-order valence-corrected chi connectivity index (χ2v) is 4.39. The van der Waals surface area contributed by atoms with Crippen LogP contribution in [0.5, 0.6) is 0 Å². The Balaban J connectivity index is 2.86. The monoisotopic (exact) mass is 154 g/mol. The normalized spacial score (nSPS) is 36.6. The van der Waals surface area contributed by atoms with Crippen LogP contribution < -0.4 is 0 Å². The van der Waals surface area contributed by atoms with E-state index in [2.05, 4.69) is 27.7 Å². The van der Waals surface area contributed by atoms with Crippen molar-refractivity contribution in [1.29, 1.82) is 0 Å². The fourth-order valence-electron chi connectivity index (χ4n) is 1.84. The average Bonchev–Trinajstić information content (AvgIpc) is 1.81. The molecule has 0 saturated carbocycles. The lowest BCUT2D eigenvalue weighted by Crippen LogP contribution is -2.31. The first-order valence-electron chi connectivity index (χ1n) is 4.30. The molecule has 1 rings (SSSR count). The van der Waals surface area contributed by atoms with E-state index in [1.165, 1.54) is 5.57 Å². The lowest BCUT2D eigenvalue weighted by atomic mass is 9.69. The van der Waals surface area contributed by atoms with Crippen LogP contribution in [0.2, 0.25) is 0 Å². The van der Waals surface area contributed by atoms with Gasteiger partial charge in [-0.15, -0.1) is 0 Å². The molecule has 0 aromatic carbocycles. The number of rotatable bonds is 0. The quantitative estimate of drug-likeness (QED) is 0.531. The average molecular weight is 154 g/mol. The van der Waals surface area contributed by atoms with Gasteiger partial charge in [0.1, 0.15) is 0 Å². The summed E-state index contributed by atoms with van der Waals surface area (Å²) >= 11 is 0. The first kappa shape index (κ1) is 8.79. The zero-order chi connectivity index (χ0) is 8.65. The summed E-state index contributed by atoms with van der Waals surface area (Å²) in [5.74, 6) is 0.603. The standard InChI is InChI=1S/C10H18O/c1-7-5-9(11)6-10(3,4)8(7)2/h5,8-9,11H,6H2,1-4H3/t8?,9-/m1/s1. The van der Waals surface area contributed by atoms with Gasteiger partial charge >= 0.3 is 0 Å². The fraction of sp³-hybridized carbons (Fsp3) is 0.800. The molecule has 0 fully saturated rings. The third-order valence-corrected chi connectivity index (χ3v) is 3.05. The smallest absolute Gasteiger partial charge is 0.0728 e. The van der Waals surface area contributed by atoms with Crippen molar-refractivity contribution in [2.24, 2.45) is 11.3 Å². The predicted molar refractivity (Wildman–Crippen MR) is 47.3 cm³/mol. The molecule has 0 radical (unpaired) electrons. The molecule has 2 atom stereocenters. The Morgan fingerprint density at radius 2 is 2.09 bits per heavy atom. The number of aliphatic hydroxyl groups excluding tert-OH is 1. The summed E-state index contributed by atoms with van der Waals surface area (Å²) in [5, 5.41) is 9.46. The van der Waals surface area contributed by atoms with Crippen LogP contribution in [0.3, 0.4) is 0 Å². The summed E-state index contributed by atoms with van der Waals surface area (Å²) in [7, 11) is 0. The van der Waals surface area contributed by atoms with Crippen LogP contribution in [-0.2, 0) is 0 Å². The van der Waals surface area contributed by atoms with Crippen LogP contribution in [0.4, 0.5) is 0 Å². The molecule has 0 aliphatic heterocycles. The van der Waals surface area contributed by atoms with Crippen LogP contribution in [0.25, 0.3) is 0 Å². The van der Waals surface area contributed by atoms with Gasteiger partial charge < -0.3 is 5.11 Å². The van der Waals surface area contributed by atoms with Gasteiger partial charge in [-0.1, -0.05) is 32.4 Å². The van der Waals surface area contributed by atoms with Gasteiger partial charge in [0, 0.05) is 0 Å². The summed E-state index contributed by atoms with van der Waals surface area (Å²) < 4.78 is 0. The van der Waals surface area contributed by atoms with Crippen molar-refractivity contribution in [1.82, 2.24) is 0 Å². The molecule has 11 heavy (non-hydrogen) atoms. The van der Waals surface area contributed by atoms with Crippen LogP contribution in [0.1, 0.15) is 34.1 Å². The Morgan fingerprint density at radius 3 is 2.55 bits per heavy atom. The van der Waals surface area contributed by atoms with Gasteiger partial charge in [-0.05, 0) is 24.7 Å². The molecule has 0 saturated heterocycles. The topological polar surface area (TPSA) is 20.2 Å². The second kappa shape index (κ2) is 2.63. The number of hydrogen-bond acceptors (Lipinski definition) is 1. The molecule has 1 aliphatic rings. The Hall–Kier alpha value is -0.300. The van der Waals surface area contributed by atoms with Gasteiger partial charge in [0.25, 0.3) is 0 Å². The summed E-state index contributed by atoms with van der Waals surface area (Å²) in [6.07, 6.45) is 2.66. The van der Waals surface area contributed by atoms with Crippen molar-refractivity contribution in [3.05, 3.63) is 11.6 Å². The van der Waals surface area contributed by atoms with Crippen molar-refractivity contribution < 1.29 is 5.11 Å². The van der Waals surface area contributed by atoms with Gasteiger partial charge in [-0.3, -0.25) is 0 Å². The van der Waals surface area contributed by atoms with Crippen molar-refractivity contribution in [2.75, 3.05) is 0 Å². The molecule has 64 valence electrons. The Labute approximate surface area is 69.1 Å². The van der Waals surface area contributed by atoms with Gasteiger partial charge in [-0.2, -0.15) is 0 Å². The molecule has 1 heteroatoms. The van der Waals surface area contributed by atoms with E-state index in [0.717, 1.165) is 6.42 Å². The number of hydrogen-bond donors (Lipinski definition) is 1. The third-order valence-electron chi connectivity index (χ3n) is 3.05. The Bertz CT molecular complexity index is 179. The zero-order valence-electron chi connectivity index (χ0n) is 7.89. The van der Waals surface area contributed by atoms with E-state index in [4.69, 9.17) is 0 Å². The minimum absolute atomic E-state index is 0.221. The maximum Gasteiger partial charge on any atom is 0.0728 e. The Kier molecular flexibility index (Phi) is 2.10. The fourth-order valence-corrected chi connectivity index (χ4v) is 1.84. The van der Waals surface area contributed by atoms with E-state index in [9.17, 15) is 5.11 Å². The number of allylic oxidation sites excluding steroid dienone is 1. The lowest BCUT2D eigenvalue weighted by Gasteiger charge is -2.38. The highest BCUT2D eigenvalue weighted by atomic mass is 16.3. The highest BCUT2D eigenvalue weighted by Crippen LogP contribution is 2.40. The summed E-state index contributed by atoms with van der Waals surface area (Å²) in [5.41, 5.74) is 1.59. The van der Waals surface area contributed by atoms with E-state index in [1.54, 1.807) is 0 Å². The molecule has 1 unspecified atom stereocenters. The van der Waals surface area contributed by atoms with Crippen LogP contribution in [-0.4, -0.2) is 11.2 Å². The first-order valence-corrected chi connectivity index (χ1v) is 4.30. The highest BCUT2D eigenvalue weighted by Gasteiger charge is 2.32. The molecule has 0 heterocycles. The van der Waals surface area contributed by atoms with Crippen molar-refractivity contribution in [3.8, 4) is 0 Å². The first-order chi connectivity index (χ1) is 4.93. The SMILES string of the molecule is CC1=C[C@@H](O)CC(C)(C)C1C. The van der Waals surface area contributed by atoms with E-state index in [-0.39, 0.29) is 11.5 Å². The van der Waals surface area contributed by atoms with Crippen molar-refractivity contribution >= 4 is 0 Å². The van der Waals surface area contributed by atoms with E-state index in [0.29, 0.717) is 5.92 Å². The largest absolute Gasteiger partial charge is 0.389 e. The zero-order valence-corrected chi connectivity index (χ0v) is 7.89. The molecule has 0 aromatic rings. The molecule has 1 nitrogen and oxygen atoms in total. The molecule has 0 spiro atoms.